The number of hydrogen-bond donors (Lipinski definition) is 1. The Labute approximate surface area is 194 Å². The normalized spacial score (nSPS) is 25.4. The number of urea groups is 2. The first-order valence-electron chi connectivity index (χ1n) is 11.8. The second kappa shape index (κ2) is 10.4. The quantitative estimate of drug-likeness (QED) is 0.657. The van der Waals surface area contributed by atoms with Gasteiger partial charge in [-0.2, -0.15) is 0 Å². The zero-order valence-corrected chi connectivity index (χ0v) is 20.0. The van der Waals surface area contributed by atoms with Gasteiger partial charge in [0.1, 0.15) is 4.34 Å². The second-order valence-corrected chi connectivity index (χ2v) is 10.9. The third-order valence-corrected chi connectivity index (χ3v) is 8.09. The smallest absolute Gasteiger partial charge is 0.324 e. The number of nitrogens with one attached hydrogen (secondary N) is 1. The van der Waals surface area contributed by atoms with Gasteiger partial charge in [0.15, 0.2) is 5.13 Å². The molecule has 0 spiro atoms. The fourth-order valence-electron chi connectivity index (χ4n) is 5.24. The van der Waals surface area contributed by atoms with Crippen molar-refractivity contribution >= 4 is 40.1 Å². The van der Waals surface area contributed by atoms with Gasteiger partial charge in [0, 0.05) is 38.3 Å². The molecule has 3 heterocycles. The lowest BCUT2D eigenvalue weighted by Gasteiger charge is -2.44. The van der Waals surface area contributed by atoms with Crippen LogP contribution < -0.4 is 5.32 Å². The average Bonchev–Trinajstić information content (AvgIpc) is 3.20. The number of carbonyl (C=O) groups excluding carboxylic acids is 2. The molecular formula is C22H34ClN5O2S. The summed E-state index contributed by atoms with van der Waals surface area (Å²) in [5.74, 6) is 0.725. The molecule has 7 nitrogen and oxygen atoms in total. The van der Waals surface area contributed by atoms with E-state index in [0.29, 0.717) is 9.47 Å². The fraction of sp³-hybridized carbons (Fsp3) is 0.773. The molecular weight excluding hydrogens is 434 g/mol. The van der Waals surface area contributed by atoms with Crippen LogP contribution in [0.15, 0.2) is 6.20 Å². The van der Waals surface area contributed by atoms with Crippen molar-refractivity contribution in [3.05, 3.63) is 10.5 Å². The first kappa shape index (κ1) is 22.6. The van der Waals surface area contributed by atoms with Crippen molar-refractivity contribution in [2.45, 2.75) is 76.8 Å². The molecule has 0 radical (unpaired) electrons. The Morgan fingerprint density at radius 2 is 1.61 bits per heavy atom. The van der Waals surface area contributed by atoms with Crippen LogP contribution in [-0.4, -0.2) is 70.0 Å². The van der Waals surface area contributed by atoms with E-state index in [1.807, 2.05) is 9.80 Å². The summed E-state index contributed by atoms with van der Waals surface area (Å²) in [6.07, 6.45) is 11.1. The van der Waals surface area contributed by atoms with Crippen molar-refractivity contribution in [3.8, 4) is 0 Å². The van der Waals surface area contributed by atoms with Crippen molar-refractivity contribution in [2.24, 2.45) is 5.92 Å². The minimum atomic E-state index is -0.0774. The zero-order chi connectivity index (χ0) is 21.8. The van der Waals surface area contributed by atoms with Crippen LogP contribution in [0.2, 0.25) is 4.34 Å². The van der Waals surface area contributed by atoms with Crippen molar-refractivity contribution in [1.82, 2.24) is 19.7 Å². The van der Waals surface area contributed by atoms with Crippen molar-refractivity contribution in [1.29, 1.82) is 0 Å². The molecule has 172 valence electrons. The van der Waals surface area contributed by atoms with Crippen LogP contribution in [0.5, 0.6) is 0 Å². The lowest BCUT2D eigenvalue weighted by Crippen LogP contribution is -2.56. The molecule has 0 bridgehead atoms. The Kier molecular flexibility index (Phi) is 7.59. The third-order valence-electron chi connectivity index (χ3n) is 7.06. The zero-order valence-electron chi connectivity index (χ0n) is 18.4. The highest BCUT2D eigenvalue weighted by atomic mass is 35.5. The molecule has 3 aliphatic rings. The van der Waals surface area contributed by atoms with Gasteiger partial charge in [0.2, 0.25) is 0 Å². The van der Waals surface area contributed by atoms with Crippen molar-refractivity contribution < 1.29 is 9.59 Å². The summed E-state index contributed by atoms with van der Waals surface area (Å²) in [7, 11) is 0. The summed E-state index contributed by atoms with van der Waals surface area (Å²) in [5.41, 5.74) is 0. The van der Waals surface area contributed by atoms with Gasteiger partial charge in [-0.1, -0.05) is 29.9 Å². The van der Waals surface area contributed by atoms with E-state index in [9.17, 15) is 9.59 Å². The highest BCUT2D eigenvalue weighted by Crippen LogP contribution is 2.32. The maximum Gasteiger partial charge on any atom is 0.324 e. The van der Waals surface area contributed by atoms with Crippen LogP contribution in [0.3, 0.4) is 0 Å². The standard InChI is InChI=1S/C22H34ClN5O2S/c1-16-5-7-17(8-6-16)28(21(29)25-20-24-15-19(23)31-20)18-9-13-27(14-10-18)22(30)26-11-3-2-4-12-26/h15-18H,2-14H2,1H3,(H,24,25,29). The second-order valence-electron chi connectivity index (χ2n) is 9.27. The molecule has 0 aromatic carbocycles. The Morgan fingerprint density at radius 3 is 2.23 bits per heavy atom. The molecule has 1 aromatic heterocycles. The van der Waals surface area contributed by atoms with Crippen LogP contribution >= 0.6 is 22.9 Å². The van der Waals surface area contributed by atoms with Gasteiger partial charge in [-0.05, 0) is 63.7 Å². The molecule has 0 unspecified atom stereocenters. The molecule has 1 aromatic rings. The summed E-state index contributed by atoms with van der Waals surface area (Å²) in [5, 5.41) is 3.52. The summed E-state index contributed by atoms with van der Waals surface area (Å²) in [6, 6.07) is 0.504. The summed E-state index contributed by atoms with van der Waals surface area (Å²) < 4.78 is 0.567. The molecule has 31 heavy (non-hydrogen) atoms. The number of halogens is 1. The van der Waals surface area contributed by atoms with Gasteiger partial charge in [-0.25, -0.2) is 14.6 Å². The summed E-state index contributed by atoms with van der Waals surface area (Å²) in [6.45, 7) is 5.49. The van der Waals surface area contributed by atoms with E-state index < -0.39 is 0 Å². The lowest BCUT2D eigenvalue weighted by molar-refractivity contribution is 0.0793. The maximum absolute atomic E-state index is 13.3. The molecule has 2 saturated heterocycles. The molecule has 9 heteroatoms. The number of piperidine rings is 2. The number of thiazole rings is 1. The molecule has 4 amide bonds. The predicted octanol–water partition coefficient (Wildman–Crippen LogP) is 5.28. The number of nitrogens with zero attached hydrogens (tertiary/aromatic N) is 4. The predicted molar refractivity (Wildman–Crippen MR) is 125 cm³/mol. The van der Waals surface area contributed by atoms with Crippen molar-refractivity contribution in [2.75, 3.05) is 31.5 Å². The number of carbonyl (C=O) groups is 2. The Morgan fingerprint density at radius 1 is 1.00 bits per heavy atom. The fourth-order valence-corrected chi connectivity index (χ4v) is 6.04. The van der Waals surface area contributed by atoms with Gasteiger partial charge in [0.25, 0.3) is 0 Å². The molecule has 2 aliphatic heterocycles. The summed E-state index contributed by atoms with van der Waals surface area (Å²) >= 11 is 7.28. The monoisotopic (exact) mass is 467 g/mol. The Balaban J connectivity index is 1.40. The SMILES string of the molecule is CC1CCC(N(C(=O)Nc2ncc(Cl)s2)C2CCN(C(=O)N3CCCCC3)CC2)CC1. The van der Waals surface area contributed by atoms with E-state index in [1.54, 1.807) is 6.20 Å². The molecule has 3 fully saturated rings. The van der Waals surface area contributed by atoms with Crippen molar-refractivity contribution in [3.63, 3.8) is 0 Å². The van der Waals surface area contributed by atoms with E-state index in [-0.39, 0.29) is 24.1 Å². The Hall–Kier alpha value is -1.54. The summed E-state index contributed by atoms with van der Waals surface area (Å²) in [4.78, 5) is 36.5. The Bertz CT molecular complexity index is 753. The first-order chi connectivity index (χ1) is 15.0. The average molecular weight is 468 g/mol. The van der Waals surface area contributed by atoms with Crippen LogP contribution in [0.25, 0.3) is 0 Å². The molecule has 0 atom stereocenters. The van der Waals surface area contributed by atoms with Gasteiger partial charge < -0.3 is 14.7 Å². The number of anilines is 1. The number of aromatic nitrogens is 1. The van der Waals surface area contributed by atoms with E-state index in [0.717, 1.165) is 83.5 Å². The number of likely N-dealkylation sites (tertiary alicyclic amines) is 2. The molecule has 1 saturated carbocycles. The largest absolute Gasteiger partial charge is 0.325 e. The number of amides is 4. The van der Waals surface area contributed by atoms with E-state index in [4.69, 9.17) is 11.6 Å². The van der Waals surface area contributed by atoms with Gasteiger partial charge in [0.05, 0.1) is 6.20 Å². The minimum absolute atomic E-state index is 0.0774. The topological polar surface area (TPSA) is 68.8 Å². The van der Waals surface area contributed by atoms with E-state index in [2.05, 4.69) is 22.1 Å². The third kappa shape index (κ3) is 5.64. The highest BCUT2D eigenvalue weighted by Gasteiger charge is 2.36. The molecule has 4 rings (SSSR count). The van der Waals surface area contributed by atoms with Gasteiger partial charge in [-0.15, -0.1) is 0 Å². The van der Waals surface area contributed by atoms with Gasteiger partial charge >= 0.3 is 12.1 Å². The number of hydrogen-bond acceptors (Lipinski definition) is 4. The van der Waals surface area contributed by atoms with Crippen LogP contribution in [0.1, 0.15) is 64.7 Å². The minimum Gasteiger partial charge on any atom is -0.325 e. The highest BCUT2D eigenvalue weighted by molar-refractivity contribution is 7.19. The van der Waals surface area contributed by atoms with Crippen LogP contribution in [-0.2, 0) is 0 Å². The molecule has 1 aliphatic carbocycles. The first-order valence-corrected chi connectivity index (χ1v) is 12.9. The van der Waals surface area contributed by atoms with E-state index >= 15 is 0 Å². The number of rotatable bonds is 3. The van der Waals surface area contributed by atoms with Crippen LogP contribution in [0, 0.1) is 5.92 Å². The van der Waals surface area contributed by atoms with Gasteiger partial charge in [-0.3, -0.25) is 5.32 Å². The lowest BCUT2D eigenvalue weighted by atomic mass is 9.85. The van der Waals surface area contributed by atoms with E-state index in [1.165, 1.54) is 17.8 Å². The molecule has 1 N–H and O–H groups in total. The van der Waals surface area contributed by atoms with Crippen LogP contribution in [0.4, 0.5) is 14.7 Å². The maximum atomic E-state index is 13.3.